The molecule has 2 bridgehead atoms. The predicted octanol–water partition coefficient (Wildman–Crippen LogP) is 11.8. The average molecular weight is 707 g/mol. The SMILES string of the molecule is CC(C)(C)c1ccc(S(OS(=O)(=O)C(F)(F)C(F)(F)C2CC3CCC2C3)(c2ccc(C(C)(C)C)cc2)c2ccc(C(C)(C)C)cc2)cc1. The van der Waals surface area contributed by atoms with Crippen molar-refractivity contribution >= 4 is 20.4 Å². The van der Waals surface area contributed by atoms with Crippen molar-refractivity contribution < 1.29 is 29.6 Å². The first-order valence-corrected chi connectivity index (χ1v) is 19.7. The second kappa shape index (κ2) is 12.2. The Morgan fingerprint density at radius 1 is 0.562 bits per heavy atom. The van der Waals surface area contributed by atoms with E-state index < -0.39 is 43.4 Å². The average Bonchev–Trinajstić information content (AvgIpc) is 3.63. The number of fused-ring (bicyclic) bond motifs is 2. The van der Waals surface area contributed by atoms with Gasteiger partial charge in [-0.15, -0.1) is 0 Å². The maximum Gasteiger partial charge on any atom is 0.432 e. The van der Waals surface area contributed by atoms with Crippen LogP contribution < -0.4 is 0 Å². The van der Waals surface area contributed by atoms with Gasteiger partial charge in [0.15, 0.2) is 0 Å². The second-order valence-corrected chi connectivity index (χ2v) is 21.3. The zero-order valence-corrected chi connectivity index (χ0v) is 31.2. The highest BCUT2D eigenvalue weighted by molar-refractivity contribution is 8.33. The molecule has 3 aromatic carbocycles. The number of halogens is 4. The molecule has 2 aliphatic rings. The molecular weight excluding hydrogens is 657 g/mol. The number of benzene rings is 3. The summed E-state index contributed by atoms with van der Waals surface area (Å²) in [7, 11) is -9.79. The van der Waals surface area contributed by atoms with Gasteiger partial charge in [-0.3, -0.25) is 0 Å². The highest BCUT2D eigenvalue weighted by Crippen LogP contribution is 2.72. The van der Waals surface area contributed by atoms with Crippen LogP contribution in [0, 0.1) is 17.8 Å². The van der Waals surface area contributed by atoms with E-state index in [0.717, 1.165) is 16.7 Å². The van der Waals surface area contributed by atoms with Gasteiger partial charge in [0.2, 0.25) is 0 Å². The van der Waals surface area contributed by atoms with Crippen LogP contribution in [0.2, 0.25) is 0 Å². The Bertz CT molecular complexity index is 1570. The minimum Gasteiger partial charge on any atom is -0.202 e. The van der Waals surface area contributed by atoms with E-state index in [-0.39, 0.29) is 28.6 Å². The fourth-order valence-corrected chi connectivity index (χ4v) is 12.4. The molecule has 9 heteroatoms. The maximum atomic E-state index is 16.2. The minimum atomic E-state index is -6.24. The maximum absolute atomic E-state index is 16.2. The molecular formula is C39H50F4O3S2. The monoisotopic (exact) mass is 706 g/mol. The fourth-order valence-electron chi connectivity index (χ4n) is 7.21. The Kier molecular flexibility index (Phi) is 9.34. The third kappa shape index (κ3) is 6.48. The second-order valence-electron chi connectivity index (χ2n) is 16.8. The van der Waals surface area contributed by atoms with Gasteiger partial charge in [0.05, 0.1) is 0 Å². The first-order chi connectivity index (χ1) is 21.9. The van der Waals surface area contributed by atoms with Crippen molar-refractivity contribution in [2.45, 2.75) is 130 Å². The third-order valence-electron chi connectivity index (χ3n) is 10.3. The predicted molar refractivity (Wildman–Crippen MR) is 187 cm³/mol. The first-order valence-electron chi connectivity index (χ1n) is 16.8. The van der Waals surface area contributed by atoms with Crippen LogP contribution in [0.4, 0.5) is 17.6 Å². The summed E-state index contributed by atoms with van der Waals surface area (Å²) in [4.78, 5) is 0.931. The summed E-state index contributed by atoms with van der Waals surface area (Å²) in [5, 5.41) is -5.46. The number of rotatable bonds is 8. The molecule has 2 fully saturated rings. The highest BCUT2D eigenvalue weighted by Gasteiger charge is 2.73. The van der Waals surface area contributed by atoms with Gasteiger partial charge >= 0.3 is 21.3 Å². The van der Waals surface area contributed by atoms with Gasteiger partial charge < -0.3 is 0 Å². The van der Waals surface area contributed by atoms with Crippen LogP contribution in [0.25, 0.3) is 0 Å². The smallest absolute Gasteiger partial charge is 0.202 e. The van der Waals surface area contributed by atoms with Crippen molar-refractivity contribution in [1.82, 2.24) is 0 Å². The summed E-state index contributed by atoms with van der Waals surface area (Å²) in [5.41, 5.74) is 2.01. The van der Waals surface area contributed by atoms with Crippen LogP contribution in [0.3, 0.4) is 0 Å². The lowest BCUT2D eigenvalue weighted by Gasteiger charge is -2.42. The van der Waals surface area contributed by atoms with Gasteiger partial charge in [0, 0.05) is 20.6 Å². The van der Waals surface area contributed by atoms with E-state index in [4.69, 9.17) is 3.63 Å². The van der Waals surface area contributed by atoms with Gasteiger partial charge in [-0.25, -0.2) is 3.63 Å². The molecule has 0 heterocycles. The molecule has 2 saturated carbocycles. The summed E-state index contributed by atoms with van der Waals surface area (Å²) >= 11 is 0. The van der Waals surface area contributed by atoms with Crippen molar-refractivity contribution in [3.8, 4) is 0 Å². The standard InChI is InChI=1S/C39H50F4O3S2/c1-35(2,3)28-12-18-31(19-13-28)47(32-20-14-29(15-21-32)36(4,5)6,33-22-16-30(17-23-33)37(7,8)9)46-48(44,45)39(42,43)38(40,41)34-25-26-10-11-27(34)24-26/h12-23,26-27,34H,10-11,24-25H2,1-9H3. The van der Waals surface area contributed by atoms with Crippen molar-refractivity contribution in [3.05, 3.63) is 89.5 Å². The third-order valence-corrected chi connectivity index (χ3v) is 15.5. The molecule has 3 aromatic rings. The zero-order chi connectivity index (χ0) is 35.7. The van der Waals surface area contributed by atoms with E-state index >= 15 is 17.6 Å². The van der Waals surface area contributed by atoms with Gasteiger partial charge in [0.1, 0.15) is 0 Å². The summed E-state index contributed by atoms with van der Waals surface area (Å²) in [6.45, 7) is 18.2. The van der Waals surface area contributed by atoms with Crippen molar-refractivity contribution in [2.75, 3.05) is 0 Å². The number of alkyl halides is 4. The molecule has 0 radical (unpaired) electrons. The molecule has 3 unspecified atom stereocenters. The largest absolute Gasteiger partial charge is 0.432 e. The first kappa shape index (κ1) is 36.9. The van der Waals surface area contributed by atoms with Crippen LogP contribution in [-0.2, 0) is 30.0 Å². The van der Waals surface area contributed by atoms with Crippen molar-refractivity contribution in [3.63, 3.8) is 0 Å². The van der Waals surface area contributed by atoms with Crippen LogP contribution in [0.15, 0.2) is 87.5 Å². The van der Waals surface area contributed by atoms with E-state index in [1.54, 1.807) is 36.4 Å². The lowest BCUT2D eigenvalue weighted by atomic mass is 9.84. The Morgan fingerprint density at radius 3 is 1.19 bits per heavy atom. The summed E-state index contributed by atoms with van der Waals surface area (Å²) in [5.74, 6) is -7.25. The zero-order valence-electron chi connectivity index (χ0n) is 29.5. The van der Waals surface area contributed by atoms with Crippen LogP contribution in [-0.4, -0.2) is 19.6 Å². The van der Waals surface area contributed by atoms with E-state index in [1.807, 2.05) is 98.7 Å². The lowest BCUT2D eigenvalue weighted by molar-refractivity contribution is -0.202. The van der Waals surface area contributed by atoms with Crippen LogP contribution in [0.1, 0.15) is 105 Å². The molecule has 3 atom stereocenters. The molecule has 48 heavy (non-hydrogen) atoms. The molecule has 2 aliphatic carbocycles. The topological polar surface area (TPSA) is 43.4 Å². The van der Waals surface area contributed by atoms with E-state index in [0.29, 0.717) is 33.9 Å². The van der Waals surface area contributed by atoms with E-state index in [2.05, 4.69) is 0 Å². The molecule has 0 saturated heterocycles. The molecule has 0 aromatic heterocycles. The molecule has 264 valence electrons. The lowest BCUT2D eigenvalue weighted by Crippen LogP contribution is -2.53. The fraction of sp³-hybridized carbons (Fsp3) is 0.538. The Hall–Kier alpha value is -2.36. The highest BCUT2D eigenvalue weighted by atomic mass is 32.3. The van der Waals surface area contributed by atoms with E-state index in [1.165, 1.54) is 0 Å². The van der Waals surface area contributed by atoms with Crippen molar-refractivity contribution in [2.24, 2.45) is 17.8 Å². The van der Waals surface area contributed by atoms with Gasteiger partial charge in [-0.2, -0.15) is 26.0 Å². The number of hydrogen-bond acceptors (Lipinski definition) is 3. The summed E-state index contributed by atoms with van der Waals surface area (Å²) in [6, 6.07) is 21.1. The van der Waals surface area contributed by atoms with Crippen LogP contribution >= 0.6 is 10.3 Å². The van der Waals surface area contributed by atoms with Crippen molar-refractivity contribution in [1.29, 1.82) is 0 Å². The van der Waals surface area contributed by atoms with Gasteiger partial charge in [-0.05, 0) is 111 Å². The quantitative estimate of drug-likeness (QED) is 0.219. The van der Waals surface area contributed by atoms with Gasteiger partial charge in [-0.1, -0.05) is 105 Å². The Morgan fingerprint density at radius 2 is 0.917 bits per heavy atom. The molecule has 0 amide bonds. The molecule has 3 nitrogen and oxygen atoms in total. The number of hydrogen-bond donors (Lipinski definition) is 0. The Labute approximate surface area is 286 Å². The normalized spacial score (nSPS) is 21.5. The molecule has 0 spiro atoms. The summed E-state index contributed by atoms with van der Waals surface area (Å²) < 4.78 is 98.4. The van der Waals surface area contributed by atoms with Gasteiger partial charge in [0.25, 0.3) is 0 Å². The minimum absolute atomic E-state index is 0.0843. The van der Waals surface area contributed by atoms with Crippen LogP contribution in [0.5, 0.6) is 0 Å². The summed E-state index contributed by atoms with van der Waals surface area (Å²) in [6.07, 6.45) is 1.42. The van der Waals surface area contributed by atoms with E-state index in [9.17, 15) is 8.42 Å². The molecule has 5 rings (SSSR count). The molecule has 0 N–H and O–H groups in total. The molecule has 0 aliphatic heterocycles. The Balaban J connectivity index is 1.76.